The number of aryl methyl sites for hydroxylation is 1. The lowest BCUT2D eigenvalue weighted by atomic mass is 10.1. The van der Waals surface area contributed by atoms with Gasteiger partial charge in [-0.25, -0.2) is 8.42 Å². The molecule has 0 atom stereocenters. The van der Waals surface area contributed by atoms with Gasteiger partial charge in [0.05, 0.1) is 4.90 Å². The SMILES string of the molecule is Cc1ccc(C(=O)NCC2=CCNCC2)cc1S(=O)(=O)N1CCCCC1.Cl. The van der Waals surface area contributed by atoms with Crippen LogP contribution in [0.2, 0.25) is 0 Å². The maximum atomic E-state index is 13.0. The van der Waals surface area contributed by atoms with Crippen molar-refractivity contribution in [2.24, 2.45) is 0 Å². The normalized spacial score (nSPS) is 18.3. The molecule has 1 aromatic carbocycles. The van der Waals surface area contributed by atoms with Gasteiger partial charge in [-0.15, -0.1) is 12.4 Å². The molecule has 2 aliphatic rings. The fraction of sp³-hybridized carbons (Fsp3) is 0.526. The molecule has 2 N–H and O–H groups in total. The first kappa shape index (κ1) is 21.9. The minimum Gasteiger partial charge on any atom is -0.348 e. The summed E-state index contributed by atoms with van der Waals surface area (Å²) in [6, 6.07) is 4.93. The van der Waals surface area contributed by atoms with Gasteiger partial charge in [0.15, 0.2) is 0 Å². The van der Waals surface area contributed by atoms with E-state index in [0.717, 1.165) is 38.8 Å². The molecule has 1 aromatic rings. The van der Waals surface area contributed by atoms with Crippen LogP contribution in [0.15, 0.2) is 34.7 Å². The number of hydrogen-bond acceptors (Lipinski definition) is 4. The summed E-state index contributed by atoms with van der Waals surface area (Å²) < 4.78 is 27.5. The van der Waals surface area contributed by atoms with Crippen molar-refractivity contribution in [3.63, 3.8) is 0 Å². The van der Waals surface area contributed by atoms with Crippen molar-refractivity contribution in [1.82, 2.24) is 14.9 Å². The lowest BCUT2D eigenvalue weighted by Crippen LogP contribution is -2.36. The molecule has 2 heterocycles. The smallest absolute Gasteiger partial charge is 0.251 e. The van der Waals surface area contributed by atoms with E-state index in [4.69, 9.17) is 0 Å². The highest BCUT2D eigenvalue weighted by atomic mass is 35.5. The molecule has 0 aliphatic carbocycles. The third-order valence-electron chi connectivity index (χ3n) is 5.02. The van der Waals surface area contributed by atoms with Crippen LogP contribution in [0.1, 0.15) is 41.6 Å². The van der Waals surface area contributed by atoms with Crippen LogP contribution in [0.25, 0.3) is 0 Å². The van der Waals surface area contributed by atoms with Crippen molar-refractivity contribution in [3.05, 3.63) is 41.0 Å². The maximum Gasteiger partial charge on any atom is 0.251 e. The topological polar surface area (TPSA) is 78.5 Å². The first-order valence-electron chi connectivity index (χ1n) is 9.26. The number of nitrogens with zero attached hydrogens (tertiary/aromatic N) is 1. The quantitative estimate of drug-likeness (QED) is 0.725. The first-order chi connectivity index (χ1) is 12.5. The number of piperidine rings is 1. The molecule has 6 nitrogen and oxygen atoms in total. The van der Waals surface area contributed by atoms with Crippen molar-refractivity contribution in [2.45, 2.75) is 37.5 Å². The van der Waals surface area contributed by atoms with Crippen LogP contribution in [0.5, 0.6) is 0 Å². The minimum absolute atomic E-state index is 0. The Hall–Kier alpha value is -1.41. The van der Waals surface area contributed by atoms with Crippen LogP contribution in [-0.2, 0) is 10.0 Å². The molecule has 0 unspecified atom stereocenters. The molecule has 8 heteroatoms. The van der Waals surface area contributed by atoms with Crippen molar-refractivity contribution in [1.29, 1.82) is 0 Å². The second kappa shape index (κ2) is 9.68. The summed E-state index contributed by atoms with van der Waals surface area (Å²) in [5, 5.41) is 6.14. The van der Waals surface area contributed by atoms with Crippen molar-refractivity contribution < 1.29 is 13.2 Å². The van der Waals surface area contributed by atoms with E-state index >= 15 is 0 Å². The molecular formula is C19H28ClN3O3S. The molecular weight excluding hydrogens is 386 g/mol. The van der Waals surface area contributed by atoms with E-state index in [2.05, 4.69) is 16.7 Å². The average molecular weight is 414 g/mol. The number of hydrogen-bond donors (Lipinski definition) is 2. The minimum atomic E-state index is -3.55. The van der Waals surface area contributed by atoms with E-state index in [0.29, 0.717) is 30.8 Å². The highest BCUT2D eigenvalue weighted by Crippen LogP contribution is 2.24. The average Bonchev–Trinajstić information content (AvgIpc) is 2.68. The number of carbonyl (C=O) groups is 1. The molecule has 3 rings (SSSR count). The fourth-order valence-corrected chi connectivity index (χ4v) is 5.16. The lowest BCUT2D eigenvalue weighted by molar-refractivity contribution is 0.0956. The van der Waals surface area contributed by atoms with Crippen LogP contribution in [-0.4, -0.2) is 51.4 Å². The Kier molecular flexibility index (Phi) is 7.85. The van der Waals surface area contributed by atoms with Crippen molar-refractivity contribution in [3.8, 4) is 0 Å². The second-order valence-electron chi connectivity index (χ2n) is 6.94. The van der Waals surface area contributed by atoms with Crippen molar-refractivity contribution in [2.75, 3.05) is 32.7 Å². The Morgan fingerprint density at radius 2 is 1.96 bits per heavy atom. The van der Waals surface area contributed by atoms with E-state index in [9.17, 15) is 13.2 Å². The van der Waals surface area contributed by atoms with Crippen molar-refractivity contribution >= 4 is 28.3 Å². The highest BCUT2D eigenvalue weighted by Gasteiger charge is 2.28. The van der Waals surface area contributed by atoms with Crippen LogP contribution in [0.4, 0.5) is 0 Å². The van der Waals surface area contributed by atoms with Gasteiger partial charge in [-0.1, -0.05) is 24.1 Å². The molecule has 1 saturated heterocycles. The van der Waals surface area contributed by atoms with E-state index in [-0.39, 0.29) is 23.2 Å². The second-order valence-corrected chi connectivity index (χ2v) is 8.85. The van der Waals surface area contributed by atoms with Crippen LogP contribution in [0.3, 0.4) is 0 Å². The van der Waals surface area contributed by atoms with E-state index in [1.165, 1.54) is 11.6 Å². The molecule has 0 bridgehead atoms. The lowest BCUT2D eigenvalue weighted by Gasteiger charge is -2.26. The monoisotopic (exact) mass is 413 g/mol. The molecule has 0 spiro atoms. The largest absolute Gasteiger partial charge is 0.348 e. The number of sulfonamides is 1. The summed E-state index contributed by atoms with van der Waals surface area (Å²) in [4.78, 5) is 12.7. The Bertz CT molecular complexity index is 802. The van der Waals surface area contributed by atoms with Gasteiger partial charge in [0.25, 0.3) is 5.91 Å². The summed E-state index contributed by atoms with van der Waals surface area (Å²) in [6.45, 7) is 5.14. The van der Waals surface area contributed by atoms with E-state index in [1.807, 2.05) is 0 Å². The number of nitrogens with one attached hydrogen (secondary N) is 2. The number of amides is 1. The number of carbonyl (C=O) groups excluding carboxylic acids is 1. The summed E-state index contributed by atoms with van der Waals surface area (Å²) in [6.07, 6.45) is 5.86. The van der Waals surface area contributed by atoms with Gasteiger partial charge >= 0.3 is 0 Å². The third kappa shape index (κ3) is 5.31. The molecule has 27 heavy (non-hydrogen) atoms. The molecule has 1 amide bonds. The van der Waals surface area contributed by atoms with Gasteiger partial charge in [0.2, 0.25) is 10.0 Å². The first-order valence-corrected chi connectivity index (χ1v) is 10.7. The predicted molar refractivity (Wildman–Crippen MR) is 109 cm³/mol. The summed E-state index contributed by atoms with van der Waals surface area (Å²) in [5.41, 5.74) is 2.26. The molecule has 0 saturated carbocycles. The maximum absolute atomic E-state index is 13.0. The fourth-order valence-electron chi connectivity index (χ4n) is 3.39. The van der Waals surface area contributed by atoms with Crippen LogP contribution >= 0.6 is 12.4 Å². The highest BCUT2D eigenvalue weighted by molar-refractivity contribution is 7.89. The van der Waals surface area contributed by atoms with Crippen LogP contribution < -0.4 is 10.6 Å². The number of benzene rings is 1. The Morgan fingerprint density at radius 1 is 1.22 bits per heavy atom. The Labute approximate surface area is 167 Å². The van der Waals surface area contributed by atoms with Gasteiger partial charge < -0.3 is 10.6 Å². The molecule has 1 fully saturated rings. The van der Waals surface area contributed by atoms with Gasteiger partial charge in [-0.05, 0) is 50.4 Å². The van der Waals surface area contributed by atoms with Gasteiger partial charge in [0.1, 0.15) is 0 Å². The van der Waals surface area contributed by atoms with E-state index in [1.54, 1.807) is 23.4 Å². The van der Waals surface area contributed by atoms with Crippen LogP contribution in [0, 0.1) is 6.92 Å². The predicted octanol–water partition coefficient (Wildman–Crippen LogP) is 2.24. The number of rotatable bonds is 5. The zero-order valence-electron chi connectivity index (χ0n) is 15.7. The molecule has 0 radical (unpaired) electrons. The van der Waals surface area contributed by atoms with E-state index < -0.39 is 10.0 Å². The summed E-state index contributed by atoms with van der Waals surface area (Å²) >= 11 is 0. The van der Waals surface area contributed by atoms with Gasteiger partial charge in [-0.2, -0.15) is 4.31 Å². The summed E-state index contributed by atoms with van der Waals surface area (Å²) in [7, 11) is -3.55. The number of halogens is 1. The standard InChI is InChI=1S/C19H27N3O3S.ClH/c1-15-5-6-17(19(23)21-14-16-7-9-20-10-8-16)13-18(15)26(24,25)22-11-3-2-4-12-22;/h5-7,13,20H,2-4,8-12,14H2,1H3,(H,21,23);1H. The molecule has 0 aromatic heterocycles. The zero-order chi connectivity index (χ0) is 18.6. The molecule has 150 valence electrons. The third-order valence-corrected chi connectivity index (χ3v) is 7.06. The Morgan fingerprint density at radius 3 is 2.63 bits per heavy atom. The summed E-state index contributed by atoms with van der Waals surface area (Å²) in [5.74, 6) is -0.237. The van der Waals surface area contributed by atoms with Gasteiger partial charge in [-0.3, -0.25) is 4.79 Å². The molecule has 2 aliphatic heterocycles. The Balaban J connectivity index is 0.00000261. The zero-order valence-corrected chi connectivity index (χ0v) is 17.3. The van der Waals surface area contributed by atoms with Gasteiger partial charge in [0, 0.05) is 31.7 Å².